The van der Waals surface area contributed by atoms with Crippen LogP contribution in [0.3, 0.4) is 0 Å². The van der Waals surface area contributed by atoms with Crippen molar-refractivity contribution in [2.45, 2.75) is 19.6 Å². The maximum atomic E-state index is 12.1. The number of aromatic nitrogens is 2. The van der Waals surface area contributed by atoms with E-state index in [1.54, 1.807) is 30.3 Å². The van der Waals surface area contributed by atoms with Crippen LogP contribution in [0.25, 0.3) is 11.5 Å². The molecule has 0 spiro atoms. The summed E-state index contributed by atoms with van der Waals surface area (Å²) in [4.78, 5) is 34.3. The molecule has 10 nitrogen and oxygen atoms in total. The van der Waals surface area contributed by atoms with Gasteiger partial charge in [-0.1, -0.05) is 18.2 Å². The van der Waals surface area contributed by atoms with Crippen molar-refractivity contribution in [1.29, 1.82) is 0 Å². The van der Waals surface area contributed by atoms with Crippen LogP contribution in [0.4, 0.5) is 5.69 Å². The summed E-state index contributed by atoms with van der Waals surface area (Å²) in [7, 11) is 0. The first-order valence-electron chi connectivity index (χ1n) is 8.54. The summed E-state index contributed by atoms with van der Waals surface area (Å²) >= 11 is 0. The molecule has 0 saturated heterocycles. The third kappa shape index (κ3) is 5.01. The molecule has 0 unspecified atom stereocenters. The van der Waals surface area contributed by atoms with Crippen molar-refractivity contribution >= 4 is 17.6 Å². The minimum Gasteiger partial charge on any atom is -0.454 e. The molecule has 1 heterocycles. The molecule has 1 amide bonds. The molecule has 0 aliphatic carbocycles. The Labute approximate surface area is 164 Å². The van der Waals surface area contributed by atoms with Gasteiger partial charge in [-0.25, -0.2) is 4.79 Å². The summed E-state index contributed by atoms with van der Waals surface area (Å²) in [5.74, 6) is -0.873. The number of carbonyl (C=O) groups excluding carboxylic acids is 2. The Morgan fingerprint density at radius 2 is 1.83 bits per heavy atom. The van der Waals surface area contributed by atoms with E-state index < -0.39 is 22.8 Å². The van der Waals surface area contributed by atoms with E-state index in [1.807, 2.05) is 0 Å². The molecule has 1 N–H and O–H groups in total. The number of amides is 1. The molecule has 3 aromatic rings. The molecular formula is C19H16N4O6. The van der Waals surface area contributed by atoms with Gasteiger partial charge in [0.05, 0.1) is 4.92 Å². The fourth-order valence-electron chi connectivity index (χ4n) is 2.34. The highest BCUT2D eigenvalue weighted by molar-refractivity contribution is 5.96. The molecule has 0 saturated carbocycles. The average molecular weight is 396 g/mol. The number of nitrogens with zero attached hydrogens (tertiary/aromatic N) is 3. The van der Waals surface area contributed by atoms with Crippen LogP contribution in [0.2, 0.25) is 0 Å². The highest BCUT2D eigenvalue weighted by Crippen LogP contribution is 2.21. The number of nitro groups is 1. The minimum atomic E-state index is -0.875. The van der Waals surface area contributed by atoms with E-state index in [0.717, 1.165) is 0 Å². The van der Waals surface area contributed by atoms with Gasteiger partial charge in [-0.2, -0.15) is 0 Å². The van der Waals surface area contributed by atoms with Gasteiger partial charge < -0.3 is 14.5 Å². The van der Waals surface area contributed by atoms with Gasteiger partial charge in [0.1, 0.15) is 6.04 Å². The Kier molecular flexibility index (Phi) is 5.93. The van der Waals surface area contributed by atoms with Crippen LogP contribution in [0.1, 0.15) is 23.2 Å². The summed E-state index contributed by atoms with van der Waals surface area (Å²) in [5, 5.41) is 20.8. The topological polar surface area (TPSA) is 137 Å². The molecule has 0 aliphatic rings. The van der Waals surface area contributed by atoms with E-state index in [9.17, 15) is 19.7 Å². The molecule has 1 aromatic heterocycles. The Balaban J connectivity index is 1.54. The Bertz CT molecular complexity index is 1020. The largest absolute Gasteiger partial charge is 0.454 e. The minimum absolute atomic E-state index is 0.0493. The average Bonchev–Trinajstić information content (AvgIpc) is 3.21. The molecule has 148 valence electrons. The van der Waals surface area contributed by atoms with Crippen LogP contribution in [-0.2, 0) is 16.1 Å². The smallest absolute Gasteiger partial charge is 0.328 e. The number of rotatable bonds is 7. The second-order valence-corrected chi connectivity index (χ2v) is 5.97. The number of hydrogen-bond donors (Lipinski definition) is 1. The van der Waals surface area contributed by atoms with Gasteiger partial charge in [0, 0.05) is 23.3 Å². The molecule has 0 aliphatic heterocycles. The highest BCUT2D eigenvalue weighted by Gasteiger charge is 2.19. The number of non-ortho nitro benzene ring substituents is 1. The predicted molar refractivity (Wildman–Crippen MR) is 99.6 cm³/mol. The van der Waals surface area contributed by atoms with E-state index in [-0.39, 0.29) is 24.1 Å². The van der Waals surface area contributed by atoms with E-state index in [0.29, 0.717) is 11.1 Å². The van der Waals surface area contributed by atoms with Crippen LogP contribution in [0, 0.1) is 10.1 Å². The molecule has 2 aromatic carbocycles. The van der Waals surface area contributed by atoms with Gasteiger partial charge in [-0.15, -0.1) is 10.2 Å². The number of benzene rings is 2. The van der Waals surface area contributed by atoms with E-state index >= 15 is 0 Å². The third-order valence-electron chi connectivity index (χ3n) is 3.87. The number of esters is 1. The number of nitrogens with one attached hydrogen (secondary N) is 1. The van der Waals surface area contributed by atoms with Crippen LogP contribution in [0.15, 0.2) is 59.0 Å². The molecular weight excluding hydrogens is 380 g/mol. The molecule has 0 bridgehead atoms. The van der Waals surface area contributed by atoms with Gasteiger partial charge >= 0.3 is 5.97 Å². The van der Waals surface area contributed by atoms with E-state index in [1.165, 1.54) is 31.2 Å². The zero-order valence-electron chi connectivity index (χ0n) is 15.3. The van der Waals surface area contributed by atoms with Crippen LogP contribution in [0.5, 0.6) is 0 Å². The monoisotopic (exact) mass is 396 g/mol. The fourth-order valence-corrected chi connectivity index (χ4v) is 2.34. The summed E-state index contributed by atoms with van der Waals surface area (Å²) in [6.45, 7) is 1.23. The summed E-state index contributed by atoms with van der Waals surface area (Å²) in [6.07, 6.45) is 0. The van der Waals surface area contributed by atoms with Gasteiger partial charge in [-0.05, 0) is 31.2 Å². The molecule has 1 atom stereocenters. The number of hydrogen-bond acceptors (Lipinski definition) is 8. The summed E-state index contributed by atoms with van der Waals surface area (Å²) in [5.41, 5.74) is 0.856. The van der Waals surface area contributed by atoms with Crippen molar-refractivity contribution in [2.75, 3.05) is 0 Å². The normalized spacial score (nSPS) is 11.5. The first-order chi connectivity index (χ1) is 13.9. The van der Waals surface area contributed by atoms with E-state index in [2.05, 4.69) is 15.5 Å². The SMILES string of the molecule is C[C@H](NC(=O)c1ccccc1)C(=O)OCc1nnc(-c2ccc([N+](=O)[O-])cc2)o1. The number of nitro benzene ring substituents is 1. The van der Waals surface area contributed by atoms with Crippen LogP contribution in [-0.4, -0.2) is 33.0 Å². The Morgan fingerprint density at radius 1 is 1.14 bits per heavy atom. The quantitative estimate of drug-likeness (QED) is 0.365. The fraction of sp³-hybridized carbons (Fsp3) is 0.158. The maximum absolute atomic E-state index is 12.1. The second kappa shape index (κ2) is 8.74. The zero-order valence-corrected chi connectivity index (χ0v) is 15.3. The lowest BCUT2D eigenvalue weighted by Gasteiger charge is -2.12. The lowest BCUT2D eigenvalue weighted by Crippen LogP contribution is -2.39. The summed E-state index contributed by atoms with van der Waals surface area (Å²) < 4.78 is 10.5. The first kappa shape index (κ1) is 19.7. The standard InChI is InChI=1S/C19H16N4O6/c1-12(20-17(24)13-5-3-2-4-6-13)19(25)28-11-16-21-22-18(29-16)14-7-9-15(10-8-14)23(26)27/h2-10,12H,11H2,1H3,(H,20,24)/t12-/m0/s1. The first-order valence-corrected chi connectivity index (χ1v) is 8.54. The van der Waals surface area contributed by atoms with Crippen molar-refractivity contribution in [3.8, 4) is 11.5 Å². The lowest BCUT2D eigenvalue weighted by molar-refractivity contribution is -0.384. The Hall–Kier alpha value is -4.08. The number of ether oxygens (including phenoxy) is 1. The molecule has 3 rings (SSSR count). The molecule has 0 radical (unpaired) electrons. The van der Waals surface area contributed by atoms with Crippen LogP contribution < -0.4 is 5.32 Å². The third-order valence-corrected chi connectivity index (χ3v) is 3.87. The lowest BCUT2D eigenvalue weighted by atomic mass is 10.2. The Morgan fingerprint density at radius 3 is 2.48 bits per heavy atom. The van der Waals surface area contributed by atoms with Gasteiger partial charge in [0.15, 0.2) is 6.61 Å². The number of carbonyl (C=O) groups is 2. The van der Waals surface area contributed by atoms with Crippen molar-refractivity contribution < 1.29 is 23.7 Å². The molecule has 10 heteroatoms. The molecule has 0 fully saturated rings. The van der Waals surface area contributed by atoms with Crippen molar-refractivity contribution in [2.24, 2.45) is 0 Å². The van der Waals surface area contributed by atoms with E-state index in [4.69, 9.17) is 9.15 Å². The van der Waals surface area contributed by atoms with Crippen molar-refractivity contribution in [3.63, 3.8) is 0 Å². The maximum Gasteiger partial charge on any atom is 0.328 e. The molecule has 29 heavy (non-hydrogen) atoms. The highest BCUT2D eigenvalue weighted by atomic mass is 16.6. The predicted octanol–water partition coefficient (Wildman–Crippen LogP) is 2.51. The van der Waals surface area contributed by atoms with Gasteiger partial charge in [0.25, 0.3) is 17.5 Å². The second-order valence-electron chi connectivity index (χ2n) is 5.97. The van der Waals surface area contributed by atoms with Crippen molar-refractivity contribution in [3.05, 3.63) is 76.2 Å². The summed E-state index contributed by atoms with van der Waals surface area (Å²) in [6, 6.07) is 13.2. The van der Waals surface area contributed by atoms with Crippen molar-refractivity contribution in [1.82, 2.24) is 15.5 Å². The van der Waals surface area contributed by atoms with Crippen LogP contribution >= 0.6 is 0 Å². The zero-order chi connectivity index (χ0) is 20.8. The van der Waals surface area contributed by atoms with Gasteiger partial charge in [-0.3, -0.25) is 14.9 Å². The van der Waals surface area contributed by atoms with Gasteiger partial charge in [0.2, 0.25) is 5.89 Å².